The number of likely N-dealkylation sites (tertiary alicyclic amines) is 1. The Balaban J connectivity index is 1.87. The Bertz CT molecular complexity index is 477. The molecular weight excluding hydrogens is 262 g/mol. The highest BCUT2D eigenvalue weighted by molar-refractivity contribution is 5.27. The normalized spacial score (nSPS) is 22.7. The molecule has 21 heavy (non-hydrogen) atoms. The summed E-state index contributed by atoms with van der Waals surface area (Å²) in [5.41, 5.74) is 1.33. The lowest BCUT2D eigenvalue weighted by atomic mass is 9.82. The number of aliphatic hydroxyl groups excluding tert-OH is 1. The molecule has 1 saturated heterocycles. The molecule has 0 bridgehead atoms. The predicted octanol–water partition coefficient (Wildman–Crippen LogP) is 2.68. The number of benzene rings is 1. The van der Waals surface area contributed by atoms with E-state index in [1.54, 1.807) is 0 Å². The molecule has 1 heterocycles. The van der Waals surface area contributed by atoms with Crippen molar-refractivity contribution >= 4 is 0 Å². The van der Waals surface area contributed by atoms with Gasteiger partial charge in [0.2, 0.25) is 0 Å². The van der Waals surface area contributed by atoms with Crippen LogP contribution in [0.5, 0.6) is 5.75 Å². The molecular formula is C18H25NO2. The van der Waals surface area contributed by atoms with Crippen molar-refractivity contribution in [1.29, 1.82) is 0 Å². The molecule has 1 unspecified atom stereocenters. The Labute approximate surface area is 127 Å². The van der Waals surface area contributed by atoms with Gasteiger partial charge >= 0.3 is 0 Å². The summed E-state index contributed by atoms with van der Waals surface area (Å²) >= 11 is 0. The summed E-state index contributed by atoms with van der Waals surface area (Å²) in [6, 6.07) is 8.22. The van der Waals surface area contributed by atoms with E-state index in [1.807, 2.05) is 12.1 Å². The van der Waals surface area contributed by atoms with Crippen LogP contribution >= 0.6 is 0 Å². The summed E-state index contributed by atoms with van der Waals surface area (Å²) in [5, 5.41) is 9.52. The highest BCUT2D eigenvalue weighted by Gasteiger charge is 2.30. The summed E-state index contributed by atoms with van der Waals surface area (Å²) in [4.78, 5) is 2.42. The first kappa shape index (κ1) is 15.9. The minimum atomic E-state index is 0.0521. The Morgan fingerprint density at radius 1 is 1.38 bits per heavy atom. The van der Waals surface area contributed by atoms with Crippen molar-refractivity contribution < 1.29 is 9.84 Å². The van der Waals surface area contributed by atoms with E-state index in [0.29, 0.717) is 13.0 Å². The van der Waals surface area contributed by atoms with Crippen LogP contribution in [-0.4, -0.2) is 36.3 Å². The van der Waals surface area contributed by atoms with Crippen molar-refractivity contribution in [2.24, 2.45) is 5.41 Å². The standard InChI is InChI=1S/C18H25NO2/c1-3-4-12-21-17-8-6-16(7-9-17)13-19-11-5-10-18(2,14-19)15-20/h1,6-9,20H,4-5,10-15H2,2H3. The SMILES string of the molecule is C#CCCOc1ccc(CN2CCCC(C)(CO)C2)cc1. The number of aliphatic hydroxyl groups is 1. The molecule has 0 radical (unpaired) electrons. The van der Waals surface area contributed by atoms with Gasteiger partial charge in [0.05, 0.1) is 6.61 Å². The molecule has 1 atom stereocenters. The van der Waals surface area contributed by atoms with E-state index in [2.05, 4.69) is 29.9 Å². The maximum absolute atomic E-state index is 9.52. The number of piperidine rings is 1. The van der Waals surface area contributed by atoms with E-state index in [4.69, 9.17) is 11.2 Å². The molecule has 3 nitrogen and oxygen atoms in total. The van der Waals surface area contributed by atoms with Crippen LogP contribution in [0.15, 0.2) is 24.3 Å². The van der Waals surface area contributed by atoms with Gasteiger partial charge in [0.15, 0.2) is 0 Å². The Kier molecular flexibility index (Phi) is 5.67. The third-order valence-corrected chi connectivity index (χ3v) is 4.09. The number of terminal acetylenes is 1. The van der Waals surface area contributed by atoms with Crippen LogP contribution in [-0.2, 0) is 6.54 Å². The quantitative estimate of drug-likeness (QED) is 0.645. The van der Waals surface area contributed by atoms with Gasteiger partial charge in [0, 0.05) is 31.5 Å². The van der Waals surface area contributed by atoms with E-state index in [0.717, 1.165) is 38.2 Å². The maximum Gasteiger partial charge on any atom is 0.119 e. The fourth-order valence-electron chi connectivity index (χ4n) is 2.87. The Hall–Kier alpha value is -1.50. The average molecular weight is 287 g/mol. The van der Waals surface area contributed by atoms with Crippen LogP contribution in [0.4, 0.5) is 0 Å². The molecule has 2 rings (SSSR count). The highest BCUT2D eigenvalue weighted by Crippen LogP contribution is 2.29. The van der Waals surface area contributed by atoms with Crippen LogP contribution in [0.1, 0.15) is 31.7 Å². The van der Waals surface area contributed by atoms with Gasteiger partial charge in [-0.05, 0) is 37.1 Å². The minimum absolute atomic E-state index is 0.0521. The van der Waals surface area contributed by atoms with Crippen LogP contribution in [0.3, 0.4) is 0 Å². The second-order valence-electron chi connectivity index (χ2n) is 6.23. The number of nitrogens with zero attached hydrogens (tertiary/aromatic N) is 1. The number of hydrogen-bond acceptors (Lipinski definition) is 3. The minimum Gasteiger partial charge on any atom is -0.493 e. The summed E-state index contributed by atoms with van der Waals surface area (Å²) in [5.74, 6) is 3.43. The Morgan fingerprint density at radius 2 is 2.14 bits per heavy atom. The molecule has 0 amide bonds. The van der Waals surface area contributed by atoms with Crippen molar-refractivity contribution in [3.63, 3.8) is 0 Å². The van der Waals surface area contributed by atoms with E-state index < -0.39 is 0 Å². The molecule has 0 saturated carbocycles. The second-order valence-corrected chi connectivity index (χ2v) is 6.23. The van der Waals surface area contributed by atoms with Crippen molar-refractivity contribution in [3.05, 3.63) is 29.8 Å². The number of hydrogen-bond donors (Lipinski definition) is 1. The fourth-order valence-corrected chi connectivity index (χ4v) is 2.87. The van der Waals surface area contributed by atoms with Gasteiger partial charge in [0.1, 0.15) is 5.75 Å². The zero-order chi connectivity index (χ0) is 15.1. The van der Waals surface area contributed by atoms with E-state index in [9.17, 15) is 5.11 Å². The van der Waals surface area contributed by atoms with Crippen LogP contribution < -0.4 is 4.74 Å². The first-order valence-electron chi connectivity index (χ1n) is 7.64. The van der Waals surface area contributed by atoms with Gasteiger partial charge in [-0.25, -0.2) is 0 Å². The third-order valence-electron chi connectivity index (χ3n) is 4.09. The van der Waals surface area contributed by atoms with E-state index in [1.165, 1.54) is 5.56 Å². The first-order valence-corrected chi connectivity index (χ1v) is 7.64. The third kappa shape index (κ3) is 4.77. The zero-order valence-corrected chi connectivity index (χ0v) is 12.8. The molecule has 1 N–H and O–H groups in total. The van der Waals surface area contributed by atoms with Gasteiger partial charge in [-0.15, -0.1) is 12.3 Å². The van der Waals surface area contributed by atoms with Crippen molar-refractivity contribution in [3.8, 4) is 18.1 Å². The van der Waals surface area contributed by atoms with Gasteiger partial charge in [-0.2, -0.15) is 0 Å². The molecule has 1 aromatic rings. The number of ether oxygens (including phenoxy) is 1. The smallest absolute Gasteiger partial charge is 0.119 e. The molecule has 114 valence electrons. The Morgan fingerprint density at radius 3 is 2.81 bits per heavy atom. The second kappa shape index (κ2) is 7.49. The fraction of sp³-hybridized carbons (Fsp3) is 0.556. The van der Waals surface area contributed by atoms with Gasteiger partial charge in [-0.1, -0.05) is 19.1 Å². The van der Waals surface area contributed by atoms with Crippen molar-refractivity contribution in [2.45, 2.75) is 32.7 Å². The summed E-state index contributed by atoms with van der Waals surface area (Å²) in [7, 11) is 0. The summed E-state index contributed by atoms with van der Waals surface area (Å²) in [6.45, 7) is 6.00. The van der Waals surface area contributed by atoms with Gasteiger partial charge < -0.3 is 9.84 Å². The first-order chi connectivity index (χ1) is 10.1. The average Bonchev–Trinajstić information content (AvgIpc) is 2.49. The lowest BCUT2D eigenvalue weighted by Gasteiger charge is -2.39. The highest BCUT2D eigenvalue weighted by atomic mass is 16.5. The molecule has 3 heteroatoms. The molecule has 0 spiro atoms. The summed E-state index contributed by atoms with van der Waals surface area (Å²) < 4.78 is 5.55. The van der Waals surface area contributed by atoms with Crippen LogP contribution in [0, 0.1) is 17.8 Å². The van der Waals surface area contributed by atoms with Crippen LogP contribution in [0.25, 0.3) is 0 Å². The monoisotopic (exact) mass is 287 g/mol. The molecule has 1 aromatic carbocycles. The van der Waals surface area contributed by atoms with Gasteiger partial charge in [-0.3, -0.25) is 4.90 Å². The molecule has 1 aliphatic rings. The summed E-state index contributed by atoms with van der Waals surface area (Å²) in [6.07, 6.45) is 8.11. The molecule has 1 aliphatic heterocycles. The van der Waals surface area contributed by atoms with Crippen molar-refractivity contribution in [1.82, 2.24) is 4.90 Å². The maximum atomic E-state index is 9.52. The number of rotatable bonds is 6. The lowest BCUT2D eigenvalue weighted by Crippen LogP contribution is -2.43. The van der Waals surface area contributed by atoms with E-state index in [-0.39, 0.29) is 12.0 Å². The predicted molar refractivity (Wildman–Crippen MR) is 85.1 cm³/mol. The molecule has 1 fully saturated rings. The largest absolute Gasteiger partial charge is 0.493 e. The van der Waals surface area contributed by atoms with Gasteiger partial charge in [0.25, 0.3) is 0 Å². The topological polar surface area (TPSA) is 32.7 Å². The lowest BCUT2D eigenvalue weighted by molar-refractivity contribution is 0.0429. The van der Waals surface area contributed by atoms with Crippen LogP contribution in [0.2, 0.25) is 0 Å². The van der Waals surface area contributed by atoms with Crippen molar-refractivity contribution in [2.75, 3.05) is 26.3 Å². The molecule has 0 aromatic heterocycles. The molecule has 0 aliphatic carbocycles. The zero-order valence-electron chi connectivity index (χ0n) is 12.8. The van der Waals surface area contributed by atoms with E-state index >= 15 is 0 Å².